The molecule has 1 aromatic heterocycles. The van der Waals surface area contributed by atoms with Crippen molar-refractivity contribution in [2.24, 2.45) is 0 Å². The van der Waals surface area contributed by atoms with E-state index in [1.54, 1.807) is 6.07 Å². The Morgan fingerprint density at radius 2 is 1.96 bits per heavy atom. The Kier molecular flexibility index (Phi) is 6.27. The van der Waals surface area contributed by atoms with E-state index in [4.69, 9.17) is 33.0 Å². The van der Waals surface area contributed by atoms with Gasteiger partial charge in [0.05, 0.1) is 21.1 Å². The number of amides is 1. The van der Waals surface area contributed by atoms with E-state index in [1.165, 1.54) is 0 Å². The minimum Gasteiger partial charge on any atom is -0.481 e. The molecule has 0 bridgehead atoms. The monoisotopic (exact) mass is 373 g/mol. The van der Waals surface area contributed by atoms with Gasteiger partial charge in [0, 0.05) is 5.56 Å². The van der Waals surface area contributed by atoms with Crippen molar-refractivity contribution in [3.8, 4) is 0 Å². The normalized spacial score (nSPS) is 11.7. The van der Waals surface area contributed by atoms with E-state index in [0.717, 1.165) is 16.9 Å². The van der Waals surface area contributed by atoms with Crippen molar-refractivity contribution in [3.63, 3.8) is 0 Å². The zero-order valence-corrected chi connectivity index (χ0v) is 14.1. The molecule has 2 rings (SSSR count). The third-order valence-corrected chi connectivity index (χ3v) is 4.46. The molecule has 0 unspecified atom stereocenters. The summed E-state index contributed by atoms with van der Waals surface area (Å²) in [5.74, 6) is -1.07. The molecule has 8 heteroatoms. The van der Waals surface area contributed by atoms with Gasteiger partial charge in [-0.1, -0.05) is 53.5 Å². The minimum atomic E-state index is -1.07. The Hall–Kier alpha value is -1.76. The van der Waals surface area contributed by atoms with Gasteiger partial charge in [-0.2, -0.15) is 0 Å². The topological polar surface area (TPSA) is 75.6 Å². The second-order valence-electron chi connectivity index (χ2n) is 4.64. The van der Waals surface area contributed by atoms with Gasteiger partial charge in [-0.05, 0) is 11.6 Å². The van der Waals surface area contributed by atoms with E-state index in [0.29, 0.717) is 14.2 Å². The molecule has 23 heavy (non-hydrogen) atoms. The maximum Gasteiger partial charge on any atom is 0.407 e. The zero-order valence-electron chi connectivity index (χ0n) is 11.8. The van der Waals surface area contributed by atoms with Gasteiger partial charge in [0.15, 0.2) is 0 Å². The number of hydrogen-bond donors (Lipinski definition) is 2. The second-order valence-corrected chi connectivity index (χ2v) is 6.92. The lowest BCUT2D eigenvalue weighted by molar-refractivity contribution is -0.137. The first-order valence-corrected chi connectivity index (χ1v) is 8.16. The smallest absolute Gasteiger partial charge is 0.407 e. The molecule has 1 amide bonds. The van der Waals surface area contributed by atoms with Crippen molar-refractivity contribution >= 4 is 46.6 Å². The number of carboxylic acids is 1. The van der Waals surface area contributed by atoms with Crippen LogP contribution in [0.2, 0.25) is 8.67 Å². The zero-order chi connectivity index (χ0) is 16.8. The van der Waals surface area contributed by atoms with E-state index < -0.39 is 18.1 Å². The predicted molar refractivity (Wildman–Crippen MR) is 89.1 cm³/mol. The van der Waals surface area contributed by atoms with E-state index in [2.05, 4.69) is 5.32 Å². The van der Waals surface area contributed by atoms with Crippen LogP contribution in [0.4, 0.5) is 4.79 Å². The Morgan fingerprint density at radius 1 is 1.26 bits per heavy atom. The van der Waals surface area contributed by atoms with Crippen molar-refractivity contribution in [1.82, 2.24) is 5.32 Å². The SMILES string of the molecule is O=C(O)C[C@H](NC(=O)OCc1ccccc1)c1cc(Cl)sc1Cl. The van der Waals surface area contributed by atoms with Gasteiger partial charge in [0.25, 0.3) is 0 Å². The van der Waals surface area contributed by atoms with Crippen LogP contribution in [0, 0.1) is 0 Å². The summed E-state index contributed by atoms with van der Waals surface area (Å²) in [4.78, 5) is 22.9. The average molecular weight is 374 g/mol. The lowest BCUT2D eigenvalue weighted by atomic mass is 10.1. The number of nitrogens with one attached hydrogen (secondary N) is 1. The molecule has 0 saturated carbocycles. The third-order valence-electron chi connectivity index (χ3n) is 2.94. The molecule has 1 aromatic carbocycles. The maximum absolute atomic E-state index is 11.9. The highest BCUT2D eigenvalue weighted by molar-refractivity contribution is 7.20. The lowest BCUT2D eigenvalue weighted by Crippen LogP contribution is -2.30. The van der Waals surface area contributed by atoms with E-state index in [9.17, 15) is 9.59 Å². The highest BCUT2D eigenvalue weighted by atomic mass is 35.5. The summed E-state index contributed by atoms with van der Waals surface area (Å²) in [6.07, 6.45) is -1.05. The van der Waals surface area contributed by atoms with Gasteiger partial charge in [-0.3, -0.25) is 4.79 Å². The summed E-state index contributed by atoms with van der Waals surface area (Å²) >= 11 is 13.0. The number of hydrogen-bond acceptors (Lipinski definition) is 4. The molecular weight excluding hydrogens is 361 g/mol. The van der Waals surface area contributed by atoms with Crippen LogP contribution in [0.15, 0.2) is 36.4 Å². The minimum absolute atomic E-state index is 0.0879. The number of rotatable bonds is 6. The highest BCUT2D eigenvalue weighted by Crippen LogP contribution is 2.36. The number of halogens is 2. The summed E-state index contributed by atoms with van der Waals surface area (Å²) in [6.45, 7) is 0.0879. The van der Waals surface area contributed by atoms with Gasteiger partial charge in [-0.25, -0.2) is 4.79 Å². The number of ether oxygens (including phenoxy) is 1. The predicted octanol–water partition coefficient (Wildman–Crippen LogP) is 4.50. The Labute approximate surface area is 146 Å². The van der Waals surface area contributed by atoms with Gasteiger partial charge in [0.1, 0.15) is 6.61 Å². The van der Waals surface area contributed by atoms with Crippen LogP contribution in [0.5, 0.6) is 0 Å². The van der Waals surface area contributed by atoms with E-state index >= 15 is 0 Å². The molecule has 1 heterocycles. The molecule has 2 N–H and O–H groups in total. The highest BCUT2D eigenvalue weighted by Gasteiger charge is 2.23. The summed E-state index contributed by atoms with van der Waals surface area (Å²) in [7, 11) is 0. The molecule has 0 radical (unpaired) electrons. The summed E-state index contributed by atoms with van der Waals surface area (Å²) < 4.78 is 5.85. The fourth-order valence-corrected chi connectivity index (χ4v) is 3.49. The van der Waals surface area contributed by atoms with Crippen molar-refractivity contribution in [2.75, 3.05) is 0 Å². The van der Waals surface area contributed by atoms with Crippen molar-refractivity contribution in [2.45, 2.75) is 19.1 Å². The fourth-order valence-electron chi connectivity index (χ4n) is 1.91. The number of benzene rings is 1. The van der Waals surface area contributed by atoms with Crippen LogP contribution in [-0.2, 0) is 16.1 Å². The summed E-state index contributed by atoms with van der Waals surface area (Å²) in [5, 5.41) is 11.5. The number of carboxylic acid groups (broad SMARTS) is 1. The Balaban J connectivity index is 2.01. The first-order chi connectivity index (χ1) is 11.0. The second kappa shape index (κ2) is 8.19. The standard InChI is InChI=1S/C15H13Cl2NO4S/c16-12-6-10(14(17)23-12)11(7-13(19)20)18-15(21)22-8-9-4-2-1-3-5-9/h1-6,11H,7-8H2,(H,18,21)(H,19,20)/t11-/m0/s1. The van der Waals surface area contributed by atoms with Crippen molar-refractivity contribution in [1.29, 1.82) is 0 Å². The average Bonchev–Trinajstić information content (AvgIpc) is 2.84. The quantitative estimate of drug-likeness (QED) is 0.781. The molecule has 0 aliphatic heterocycles. The molecule has 0 fully saturated rings. The van der Waals surface area contributed by atoms with Crippen LogP contribution < -0.4 is 5.32 Å². The van der Waals surface area contributed by atoms with Crippen LogP contribution in [0.3, 0.4) is 0 Å². The number of carbonyl (C=O) groups is 2. The molecule has 2 aromatic rings. The molecule has 5 nitrogen and oxygen atoms in total. The first kappa shape index (κ1) is 17.6. The Morgan fingerprint density at radius 3 is 2.52 bits per heavy atom. The third kappa shape index (κ3) is 5.42. The van der Waals surface area contributed by atoms with E-state index in [1.807, 2.05) is 30.3 Å². The van der Waals surface area contributed by atoms with Gasteiger partial charge in [-0.15, -0.1) is 11.3 Å². The number of alkyl carbamates (subject to hydrolysis) is 1. The van der Waals surface area contributed by atoms with E-state index in [-0.39, 0.29) is 13.0 Å². The van der Waals surface area contributed by atoms with Gasteiger partial charge >= 0.3 is 12.1 Å². The molecule has 1 atom stereocenters. The van der Waals surface area contributed by atoms with Crippen LogP contribution in [0.25, 0.3) is 0 Å². The number of carbonyl (C=O) groups excluding carboxylic acids is 1. The molecule has 122 valence electrons. The van der Waals surface area contributed by atoms with Crippen LogP contribution in [0.1, 0.15) is 23.6 Å². The largest absolute Gasteiger partial charge is 0.481 e. The molecule has 0 aliphatic rings. The lowest BCUT2D eigenvalue weighted by Gasteiger charge is -2.16. The number of thiophene rings is 1. The maximum atomic E-state index is 11.9. The summed E-state index contributed by atoms with van der Waals surface area (Å²) in [5.41, 5.74) is 1.29. The van der Waals surface area contributed by atoms with Crippen LogP contribution in [-0.4, -0.2) is 17.2 Å². The molecule has 0 saturated heterocycles. The fraction of sp³-hybridized carbons (Fsp3) is 0.200. The molecule has 0 spiro atoms. The molecular formula is C15H13Cl2NO4S. The number of aliphatic carboxylic acids is 1. The Bertz CT molecular complexity index is 690. The van der Waals surface area contributed by atoms with Crippen LogP contribution >= 0.6 is 34.5 Å². The van der Waals surface area contributed by atoms with Crippen molar-refractivity contribution in [3.05, 3.63) is 56.2 Å². The van der Waals surface area contributed by atoms with Gasteiger partial charge < -0.3 is 15.2 Å². The van der Waals surface area contributed by atoms with Crippen molar-refractivity contribution < 1.29 is 19.4 Å². The summed E-state index contributed by atoms with van der Waals surface area (Å²) in [6, 6.07) is 9.88. The first-order valence-electron chi connectivity index (χ1n) is 6.59. The molecule has 0 aliphatic carbocycles. The van der Waals surface area contributed by atoms with Gasteiger partial charge in [0.2, 0.25) is 0 Å².